The summed E-state index contributed by atoms with van der Waals surface area (Å²) in [7, 11) is 2.14. The summed E-state index contributed by atoms with van der Waals surface area (Å²) in [5, 5.41) is 7.07. The van der Waals surface area contributed by atoms with Gasteiger partial charge in [-0.3, -0.25) is 0 Å². The molecule has 0 aliphatic carbocycles. The molecule has 8 nitrogen and oxygen atoms in total. The van der Waals surface area contributed by atoms with E-state index in [-0.39, 0.29) is 6.17 Å². The van der Waals surface area contributed by atoms with Crippen LogP contribution in [0.1, 0.15) is 22.9 Å². The lowest BCUT2D eigenvalue weighted by molar-refractivity contribution is 0.385. The number of nitrogens with zero attached hydrogens (tertiary/aromatic N) is 8. The summed E-state index contributed by atoms with van der Waals surface area (Å²) in [6.45, 7) is 0. The number of aliphatic imine (C=N–C) groups is 2. The second-order valence-corrected chi connectivity index (χ2v) is 35.1. The van der Waals surface area contributed by atoms with Crippen molar-refractivity contribution in [3.05, 3.63) is 453 Å². The molecule has 0 bridgehead atoms. The second-order valence-electron chi connectivity index (χ2n) is 31.8. The van der Waals surface area contributed by atoms with Crippen LogP contribution in [0.15, 0.2) is 447 Å². The zero-order valence-corrected chi connectivity index (χ0v) is 70.9. The number of hydrogen-bond donors (Lipinski definition) is 0. The molecule has 0 saturated heterocycles. The lowest BCUT2D eigenvalue weighted by Crippen LogP contribution is -2.35. The van der Waals surface area contributed by atoms with E-state index in [0.29, 0.717) is 23.3 Å². The molecule has 594 valence electrons. The van der Waals surface area contributed by atoms with Gasteiger partial charge in [0.2, 0.25) is 0 Å². The first kappa shape index (κ1) is 75.3. The van der Waals surface area contributed by atoms with Gasteiger partial charge in [-0.15, -0.1) is 34.0 Å². The molecule has 0 amide bonds. The van der Waals surface area contributed by atoms with E-state index in [4.69, 9.17) is 24.9 Å². The lowest BCUT2D eigenvalue weighted by Gasteiger charge is -2.33. The standard InChI is InChI=1S/C115H76N8S3/c1-121-114(87-32-15-6-16-33-87)119-113(120-115(121)98-37-23-41-104-107(98)95-34-17-20-38-101(95)124-104)100-72-94(73-106-109(100)97-36-19-22-40-103(97)126-106)123(92-64-54-82(55-65-92)76-28-11-4-12-29-76)93-66-56-83(57-67-93)78-44-42-77(43-45-78)79-46-48-86(49-47-79)111-116-110(85-30-13-5-14-31-85)117-112(118-111)99-70-88(71-105-108(99)96-35-18-21-39-102(96)125-105)84-58-68-91(69-59-84)122(89-60-50-80(51-61-89)74-24-7-2-8-25-74)90-62-52-81(53-63-90)75-26-9-3-10-27-75/h2-73,115H,1H3. The van der Waals surface area contributed by atoms with Crippen LogP contribution < -0.4 is 9.80 Å². The van der Waals surface area contributed by atoms with Gasteiger partial charge in [-0.25, -0.2) is 24.9 Å². The molecule has 126 heavy (non-hydrogen) atoms. The predicted octanol–water partition coefficient (Wildman–Crippen LogP) is 31.8. The van der Waals surface area contributed by atoms with Crippen LogP contribution in [-0.2, 0) is 0 Å². The average Bonchev–Trinajstić information content (AvgIpc) is 1.55. The third kappa shape index (κ3) is 14.1. The first-order valence-electron chi connectivity index (χ1n) is 42.4. The van der Waals surface area contributed by atoms with E-state index in [1.54, 1.807) is 11.3 Å². The number of fused-ring (bicyclic) bond motifs is 9. The van der Waals surface area contributed by atoms with Gasteiger partial charge in [-0.05, 0) is 176 Å². The molecule has 0 spiro atoms. The Hall–Kier alpha value is -15.6. The fourth-order valence-electron chi connectivity index (χ4n) is 18.0. The number of rotatable bonds is 18. The molecule has 0 radical (unpaired) electrons. The van der Waals surface area contributed by atoms with Gasteiger partial charge in [0.25, 0.3) is 0 Å². The minimum atomic E-state index is -0.388. The van der Waals surface area contributed by atoms with Crippen molar-refractivity contribution in [3.63, 3.8) is 0 Å². The Kier molecular flexibility index (Phi) is 19.3. The highest BCUT2D eigenvalue weighted by atomic mass is 32.1. The zero-order valence-electron chi connectivity index (χ0n) is 68.4. The van der Waals surface area contributed by atoms with Crippen molar-refractivity contribution >= 4 is 140 Å². The van der Waals surface area contributed by atoms with Crippen LogP contribution in [0.4, 0.5) is 34.1 Å². The van der Waals surface area contributed by atoms with Gasteiger partial charge in [-0.1, -0.05) is 328 Å². The highest BCUT2D eigenvalue weighted by Crippen LogP contribution is 2.49. The number of aromatic nitrogens is 3. The van der Waals surface area contributed by atoms with E-state index in [2.05, 4.69) is 440 Å². The largest absolute Gasteiger partial charge is 0.333 e. The lowest BCUT2D eigenvalue weighted by atomic mass is 9.97. The summed E-state index contributed by atoms with van der Waals surface area (Å²) < 4.78 is 7.20. The van der Waals surface area contributed by atoms with Crippen molar-refractivity contribution in [3.8, 4) is 101 Å². The van der Waals surface area contributed by atoms with E-state index >= 15 is 0 Å². The summed E-state index contributed by atoms with van der Waals surface area (Å²) in [6.07, 6.45) is -0.388. The van der Waals surface area contributed by atoms with E-state index in [9.17, 15) is 0 Å². The van der Waals surface area contributed by atoms with Crippen molar-refractivity contribution in [2.45, 2.75) is 6.17 Å². The van der Waals surface area contributed by atoms with Crippen LogP contribution in [0, 0.1) is 0 Å². The van der Waals surface area contributed by atoms with Crippen molar-refractivity contribution in [1.82, 2.24) is 19.9 Å². The van der Waals surface area contributed by atoms with Gasteiger partial charge in [0.1, 0.15) is 5.84 Å². The summed E-state index contributed by atoms with van der Waals surface area (Å²) in [6, 6.07) is 157. The smallest absolute Gasteiger partial charge is 0.164 e. The Labute approximate surface area is 741 Å². The SMILES string of the molecule is CN1C(c2ccccc2)=NC(c2cc(N(c3ccc(-c4ccccc4)cc3)c3ccc(-c4ccc(-c5ccc(-c6nc(-c7ccccc7)nc(-c7cc(-c8ccc(N(c9ccc(-c%10ccccc%10)cc9)c9ccc(-c%10ccccc%10)cc9)cc8)cc8sc9ccccc9c78)n6)cc5)cc4)cc3)cc3sc4ccccc4c23)=NC1c1cccc2sc3ccccc3c12. The van der Waals surface area contributed by atoms with Crippen LogP contribution >= 0.6 is 34.0 Å². The van der Waals surface area contributed by atoms with Gasteiger partial charge >= 0.3 is 0 Å². The van der Waals surface area contributed by atoms with Gasteiger partial charge in [0, 0.05) is 135 Å². The van der Waals surface area contributed by atoms with Crippen LogP contribution in [0.5, 0.6) is 0 Å². The van der Waals surface area contributed by atoms with Crippen molar-refractivity contribution in [2.75, 3.05) is 16.8 Å². The summed E-state index contributed by atoms with van der Waals surface area (Å²) in [5.74, 6) is 3.34. The number of amidine groups is 2. The quantitative estimate of drug-likeness (QED) is 0.0852. The highest BCUT2D eigenvalue weighted by Gasteiger charge is 2.32. The Balaban J connectivity index is 0.576. The van der Waals surface area contributed by atoms with Crippen molar-refractivity contribution in [1.29, 1.82) is 0 Å². The third-order valence-electron chi connectivity index (χ3n) is 24.2. The van der Waals surface area contributed by atoms with Crippen LogP contribution in [0.25, 0.3) is 161 Å². The number of benzene rings is 18. The first-order valence-corrected chi connectivity index (χ1v) is 44.8. The first-order chi connectivity index (χ1) is 62.3. The Morgan fingerprint density at radius 3 is 0.976 bits per heavy atom. The van der Waals surface area contributed by atoms with Gasteiger partial charge in [0.15, 0.2) is 29.5 Å². The monoisotopic (exact) mass is 1660 g/mol. The van der Waals surface area contributed by atoms with E-state index in [1.165, 1.54) is 57.2 Å². The predicted molar refractivity (Wildman–Crippen MR) is 533 cm³/mol. The molecule has 0 saturated carbocycles. The molecule has 1 aliphatic heterocycles. The molecule has 0 N–H and O–H groups in total. The number of anilines is 6. The van der Waals surface area contributed by atoms with Crippen molar-refractivity contribution < 1.29 is 0 Å². The maximum Gasteiger partial charge on any atom is 0.164 e. The highest BCUT2D eigenvalue weighted by molar-refractivity contribution is 7.26. The number of hydrogen-bond acceptors (Lipinski definition) is 11. The third-order valence-corrected chi connectivity index (χ3v) is 27.6. The van der Waals surface area contributed by atoms with E-state index in [1.807, 2.05) is 40.9 Å². The molecule has 18 aromatic carbocycles. The molecular weight excluding hydrogens is 1590 g/mol. The Morgan fingerprint density at radius 2 is 0.540 bits per heavy atom. The normalized spacial score (nSPS) is 12.8. The molecule has 0 fully saturated rings. The molecule has 11 heteroatoms. The summed E-state index contributed by atoms with van der Waals surface area (Å²) in [4.78, 5) is 34.7. The molecule has 1 aliphatic rings. The minimum Gasteiger partial charge on any atom is -0.333 e. The van der Waals surface area contributed by atoms with Gasteiger partial charge in [-0.2, -0.15) is 0 Å². The van der Waals surface area contributed by atoms with E-state index in [0.717, 1.165) is 143 Å². The van der Waals surface area contributed by atoms with Crippen molar-refractivity contribution in [2.24, 2.45) is 9.98 Å². The van der Waals surface area contributed by atoms with Gasteiger partial charge < -0.3 is 14.7 Å². The molecule has 1 unspecified atom stereocenters. The molecule has 4 aromatic heterocycles. The van der Waals surface area contributed by atoms with Crippen LogP contribution in [0.2, 0.25) is 0 Å². The average molecular weight is 1670 g/mol. The molecule has 5 heterocycles. The topological polar surface area (TPSA) is 73.1 Å². The summed E-state index contributed by atoms with van der Waals surface area (Å²) >= 11 is 5.44. The Bertz CT molecular complexity index is 7820. The Morgan fingerprint density at radius 1 is 0.230 bits per heavy atom. The number of thiophene rings is 3. The zero-order chi connectivity index (χ0) is 83.5. The summed E-state index contributed by atoms with van der Waals surface area (Å²) in [5.41, 5.74) is 25.6. The fourth-order valence-corrected chi connectivity index (χ4v) is 21.4. The maximum atomic E-state index is 5.84. The van der Waals surface area contributed by atoms with E-state index < -0.39 is 0 Å². The minimum absolute atomic E-state index is 0.388. The maximum absolute atomic E-state index is 5.84. The molecule has 23 rings (SSSR count). The van der Waals surface area contributed by atoms with Crippen LogP contribution in [-0.4, -0.2) is 38.6 Å². The van der Waals surface area contributed by atoms with Crippen LogP contribution in [0.3, 0.4) is 0 Å². The van der Waals surface area contributed by atoms with Gasteiger partial charge in [0.05, 0.1) is 0 Å². The molecule has 22 aromatic rings. The molecule has 1 atom stereocenters. The molecular formula is C115H76N8S3. The second kappa shape index (κ2) is 32.3. The fraction of sp³-hybridized carbons (Fsp3) is 0.0174.